The van der Waals surface area contributed by atoms with Crippen LogP contribution in [-0.4, -0.2) is 17.1 Å². The van der Waals surface area contributed by atoms with E-state index in [2.05, 4.69) is 15.9 Å². The molecule has 4 heteroatoms. The summed E-state index contributed by atoms with van der Waals surface area (Å²) in [5.41, 5.74) is 3.10. The summed E-state index contributed by atoms with van der Waals surface area (Å²) in [6.45, 7) is 2.27. The van der Waals surface area contributed by atoms with Crippen molar-refractivity contribution in [2.45, 2.75) is 20.0 Å². The van der Waals surface area contributed by atoms with E-state index in [-0.39, 0.29) is 11.8 Å². The van der Waals surface area contributed by atoms with Crippen molar-refractivity contribution in [1.29, 1.82) is 0 Å². The fourth-order valence-electron chi connectivity index (χ4n) is 2.00. The monoisotopic (exact) mass is 282 g/mol. The van der Waals surface area contributed by atoms with Crippen LogP contribution in [0.4, 0.5) is 0 Å². The summed E-state index contributed by atoms with van der Waals surface area (Å²) in [5.74, 6) is -0.249. The maximum Gasteiger partial charge on any atom is 0.338 e. The third kappa shape index (κ3) is 1.67. The largest absolute Gasteiger partial charge is 0.457 e. The molecule has 0 aromatic heterocycles. The lowest BCUT2D eigenvalue weighted by molar-refractivity contribution is 0.0534. The van der Waals surface area contributed by atoms with Gasteiger partial charge in [-0.2, -0.15) is 0 Å². The molecule has 0 saturated heterocycles. The highest BCUT2D eigenvalue weighted by Gasteiger charge is 2.26. The van der Waals surface area contributed by atoms with Gasteiger partial charge in [-0.25, -0.2) is 4.79 Å². The van der Waals surface area contributed by atoms with E-state index in [1.165, 1.54) is 0 Å². The van der Waals surface area contributed by atoms with E-state index in [4.69, 9.17) is 4.74 Å². The predicted octanol–water partition coefficient (Wildman–Crippen LogP) is 2.50. The molecule has 1 aromatic rings. The van der Waals surface area contributed by atoms with Crippen LogP contribution in [0.2, 0.25) is 0 Å². The van der Waals surface area contributed by atoms with Crippen molar-refractivity contribution in [2.75, 3.05) is 5.33 Å². The van der Waals surface area contributed by atoms with Gasteiger partial charge in [0.25, 0.3) is 0 Å². The predicted molar refractivity (Wildman–Crippen MR) is 63.1 cm³/mol. The van der Waals surface area contributed by atoms with Crippen LogP contribution in [0.15, 0.2) is 12.1 Å². The molecule has 0 radical (unpaired) electrons. The van der Waals surface area contributed by atoms with E-state index in [0.29, 0.717) is 23.1 Å². The zero-order chi connectivity index (χ0) is 11.7. The molecule has 0 saturated carbocycles. The minimum absolute atomic E-state index is 0.0407. The first-order valence-corrected chi connectivity index (χ1v) is 6.22. The van der Waals surface area contributed by atoms with Gasteiger partial charge in [0.15, 0.2) is 5.78 Å². The number of carbonyl (C=O) groups is 2. The molecule has 1 aliphatic rings. The molecule has 0 fully saturated rings. The lowest BCUT2D eigenvalue weighted by Crippen LogP contribution is -2.07. The van der Waals surface area contributed by atoms with Crippen LogP contribution in [0.3, 0.4) is 0 Å². The molecule has 0 atom stereocenters. The first-order valence-electron chi connectivity index (χ1n) is 5.10. The molecule has 3 nitrogen and oxygen atoms in total. The molecule has 0 N–H and O–H groups in total. The summed E-state index contributed by atoms with van der Waals surface area (Å²) in [7, 11) is 0. The van der Waals surface area contributed by atoms with Gasteiger partial charge in [0.1, 0.15) is 6.61 Å². The first kappa shape index (κ1) is 11.3. The Morgan fingerprint density at radius 3 is 2.88 bits per heavy atom. The molecule has 0 amide bonds. The molecular weight excluding hydrogens is 272 g/mol. The van der Waals surface area contributed by atoms with Gasteiger partial charge in [0, 0.05) is 11.1 Å². The Labute approximate surface area is 102 Å². The van der Waals surface area contributed by atoms with Gasteiger partial charge in [0.2, 0.25) is 0 Å². The van der Waals surface area contributed by atoms with E-state index < -0.39 is 0 Å². The third-order valence-electron chi connectivity index (χ3n) is 2.77. The van der Waals surface area contributed by atoms with Crippen LogP contribution in [0.25, 0.3) is 0 Å². The molecule has 0 spiro atoms. The molecule has 0 bridgehead atoms. The lowest BCUT2D eigenvalue weighted by atomic mass is 9.94. The number of rotatable bonds is 3. The molecule has 1 aliphatic heterocycles. The number of hydrogen-bond acceptors (Lipinski definition) is 3. The quantitative estimate of drug-likeness (QED) is 0.486. The number of hydrogen-bond donors (Lipinski definition) is 0. The molecule has 0 aliphatic carbocycles. The van der Waals surface area contributed by atoms with Crippen LogP contribution in [0.1, 0.15) is 38.8 Å². The Bertz CT molecular complexity index is 466. The van der Waals surface area contributed by atoms with Gasteiger partial charge in [-0.05, 0) is 18.1 Å². The molecule has 16 heavy (non-hydrogen) atoms. The minimum Gasteiger partial charge on any atom is -0.457 e. The Balaban J connectivity index is 2.59. The van der Waals surface area contributed by atoms with Gasteiger partial charge in [-0.3, -0.25) is 4.79 Å². The Morgan fingerprint density at radius 2 is 2.25 bits per heavy atom. The number of esters is 1. The molecule has 0 unspecified atom stereocenters. The average molecular weight is 283 g/mol. The minimum atomic E-state index is -0.289. The zero-order valence-electron chi connectivity index (χ0n) is 8.88. The zero-order valence-corrected chi connectivity index (χ0v) is 10.5. The van der Waals surface area contributed by atoms with Gasteiger partial charge in [0.05, 0.1) is 10.9 Å². The normalized spacial score (nSPS) is 13.5. The third-order valence-corrected chi connectivity index (χ3v) is 3.28. The van der Waals surface area contributed by atoms with Gasteiger partial charge in [-0.15, -0.1) is 0 Å². The number of halogens is 1. The van der Waals surface area contributed by atoms with E-state index in [9.17, 15) is 9.59 Å². The topological polar surface area (TPSA) is 43.4 Å². The fraction of sp³-hybridized carbons (Fsp3) is 0.333. The molecule has 2 rings (SSSR count). The summed E-state index contributed by atoms with van der Waals surface area (Å²) >= 11 is 3.16. The number of ketones is 1. The maximum atomic E-state index is 11.7. The van der Waals surface area contributed by atoms with Crippen molar-refractivity contribution in [3.05, 3.63) is 34.4 Å². The highest BCUT2D eigenvalue weighted by Crippen LogP contribution is 2.27. The summed E-state index contributed by atoms with van der Waals surface area (Å²) in [4.78, 5) is 23.1. The second-order valence-corrected chi connectivity index (χ2v) is 4.17. The van der Waals surface area contributed by atoms with Gasteiger partial charge < -0.3 is 4.74 Å². The number of alkyl halides is 1. The van der Waals surface area contributed by atoms with Crippen molar-refractivity contribution in [3.63, 3.8) is 0 Å². The SMILES string of the molecule is CCc1c(C(=O)CBr)ccc2c1COC2=O. The molecule has 1 heterocycles. The number of Topliss-reactive ketones (excluding diaryl/α,β-unsaturated/α-hetero) is 1. The number of fused-ring (bicyclic) bond motifs is 1. The van der Waals surface area contributed by atoms with E-state index >= 15 is 0 Å². The second kappa shape index (κ2) is 4.37. The van der Waals surface area contributed by atoms with E-state index in [0.717, 1.165) is 17.5 Å². The number of benzene rings is 1. The van der Waals surface area contributed by atoms with Gasteiger partial charge in [-0.1, -0.05) is 28.9 Å². The van der Waals surface area contributed by atoms with Gasteiger partial charge >= 0.3 is 5.97 Å². The van der Waals surface area contributed by atoms with Crippen LogP contribution in [0.5, 0.6) is 0 Å². The fourth-order valence-corrected chi connectivity index (χ4v) is 2.30. The molecule has 1 aromatic carbocycles. The maximum absolute atomic E-state index is 11.7. The summed E-state index contributed by atoms with van der Waals surface area (Å²) in [6, 6.07) is 3.40. The Kier molecular flexibility index (Phi) is 3.10. The first-order chi connectivity index (χ1) is 7.69. The van der Waals surface area contributed by atoms with E-state index in [1.807, 2.05) is 6.92 Å². The Hall–Kier alpha value is -1.16. The number of carbonyl (C=O) groups excluding carboxylic acids is 2. The number of ether oxygens (including phenoxy) is 1. The van der Waals surface area contributed by atoms with Crippen molar-refractivity contribution < 1.29 is 14.3 Å². The van der Waals surface area contributed by atoms with Crippen molar-refractivity contribution in [2.24, 2.45) is 0 Å². The smallest absolute Gasteiger partial charge is 0.338 e. The summed E-state index contributed by atoms with van der Waals surface area (Å²) in [6.07, 6.45) is 0.730. The van der Waals surface area contributed by atoms with Crippen LogP contribution in [-0.2, 0) is 17.8 Å². The summed E-state index contributed by atoms with van der Waals surface area (Å²) < 4.78 is 4.97. The standard InChI is InChI=1S/C12H11BrO3/c1-2-7-8(11(14)5-13)3-4-9-10(7)6-16-12(9)15/h3-4H,2,5-6H2,1H3. The highest BCUT2D eigenvalue weighted by molar-refractivity contribution is 9.09. The Morgan fingerprint density at radius 1 is 1.50 bits per heavy atom. The van der Waals surface area contributed by atoms with Crippen LogP contribution < -0.4 is 0 Å². The molecular formula is C12H11BrO3. The van der Waals surface area contributed by atoms with Crippen molar-refractivity contribution in [3.8, 4) is 0 Å². The average Bonchev–Trinajstić information content (AvgIpc) is 2.69. The van der Waals surface area contributed by atoms with Crippen molar-refractivity contribution >= 4 is 27.7 Å². The van der Waals surface area contributed by atoms with Crippen LogP contribution in [0, 0.1) is 0 Å². The summed E-state index contributed by atoms with van der Waals surface area (Å²) in [5, 5.41) is 0.299. The van der Waals surface area contributed by atoms with Crippen LogP contribution >= 0.6 is 15.9 Å². The van der Waals surface area contributed by atoms with Crippen molar-refractivity contribution in [1.82, 2.24) is 0 Å². The van der Waals surface area contributed by atoms with E-state index in [1.54, 1.807) is 12.1 Å². The second-order valence-electron chi connectivity index (χ2n) is 3.60. The molecule has 84 valence electrons. The highest BCUT2D eigenvalue weighted by atomic mass is 79.9. The number of cyclic esters (lactones) is 1. The lowest BCUT2D eigenvalue weighted by Gasteiger charge is -2.09.